The summed E-state index contributed by atoms with van der Waals surface area (Å²) in [7, 11) is 0. The summed E-state index contributed by atoms with van der Waals surface area (Å²) >= 11 is 0. The summed E-state index contributed by atoms with van der Waals surface area (Å²) in [6.07, 6.45) is -0.132. The number of aliphatic hydroxyl groups is 1. The number of ether oxygens (including phenoxy) is 2. The predicted octanol–water partition coefficient (Wildman–Crippen LogP) is -0.484. The Kier molecular flexibility index (Phi) is 12.3. The molecule has 0 aromatic carbocycles. The van der Waals surface area contributed by atoms with Crippen molar-refractivity contribution < 1.29 is 19.4 Å². The molecule has 0 saturated carbocycles. The van der Waals surface area contributed by atoms with Crippen molar-refractivity contribution in [2.45, 2.75) is 26.4 Å². The Bertz CT molecular complexity index is 203. The van der Waals surface area contributed by atoms with Crippen LogP contribution in [0.5, 0.6) is 0 Å². The first-order chi connectivity index (χ1) is 8.70. The summed E-state index contributed by atoms with van der Waals surface area (Å²) in [5.41, 5.74) is 0. The molecule has 108 valence electrons. The first-order valence-corrected chi connectivity index (χ1v) is 6.51. The molecular weight excluding hydrogens is 236 g/mol. The van der Waals surface area contributed by atoms with Gasteiger partial charge in [-0.2, -0.15) is 0 Å². The lowest BCUT2D eigenvalue weighted by molar-refractivity contribution is -0.120. The lowest BCUT2D eigenvalue weighted by Crippen LogP contribution is -2.33. The van der Waals surface area contributed by atoms with Gasteiger partial charge in [0.15, 0.2) is 0 Å². The molecule has 0 aliphatic heterocycles. The fourth-order valence-corrected chi connectivity index (χ4v) is 1.30. The smallest absolute Gasteiger partial charge is 0.221 e. The van der Waals surface area contributed by atoms with Gasteiger partial charge in [-0.3, -0.25) is 4.79 Å². The minimum Gasteiger partial charge on any atom is -0.389 e. The molecule has 0 spiro atoms. The van der Waals surface area contributed by atoms with Crippen molar-refractivity contribution in [2.75, 3.05) is 46.1 Å². The van der Waals surface area contributed by atoms with Gasteiger partial charge >= 0.3 is 0 Å². The molecule has 0 aliphatic carbocycles. The molecule has 0 aliphatic rings. The second kappa shape index (κ2) is 12.8. The average Bonchev–Trinajstić information content (AvgIpc) is 2.35. The largest absolute Gasteiger partial charge is 0.389 e. The van der Waals surface area contributed by atoms with Crippen LogP contribution >= 0.6 is 0 Å². The van der Waals surface area contributed by atoms with Crippen molar-refractivity contribution in [1.82, 2.24) is 10.6 Å². The van der Waals surface area contributed by atoms with Gasteiger partial charge in [-0.25, -0.2) is 0 Å². The van der Waals surface area contributed by atoms with Crippen LogP contribution in [0.15, 0.2) is 0 Å². The number of rotatable bonds is 12. The standard InChI is InChI=1S/C12H26N2O4/c1-3-14-12(16)5-6-13-9-11(15)10-18-8-7-17-4-2/h11,13,15H,3-10H2,1-2H3,(H,14,16). The van der Waals surface area contributed by atoms with Crippen molar-refractivity contribution in [3.05, 3.63) is 0 Å². The normalized spacial score (nSPS) is 12.4. The summed E-state index contributed by atoms with van der Waals surface area (Å²) in [6, 6.07) is 0. The Morgan fingerprint density at radius 3 is 2.67 bits per heavy atom. The van der Waals surface area contributed by atoms with E-state index < -0.39 is 6.10 Å². The first kappa shape index (κ1) is 17.3. The van der Waals surface area contributed by atoms with Gasteiger partial charge in [-0.1, -0.05) is 0 Å². The van der Waals surface area contributed by atoms with E-state index in [2.05, 4.69) is 10.6 Å². The van der Waals surface area contributed by atoms with Crippen LogP contribution in [0.25, 0.3) is 0 Å². The minimum atomic E-state index is -0.555. The molecule has 6 heteroatoms. The zero-order valence-electron chi connectivity index (χ0n) is 11.4. The van der Waals surface area contributed by atoms with Gasteiger partial charge in [0.1, 0.15) is 0 Å². The molecule has 0 heterocycles. The molecule has 0 aromatic heterocycles. The summed E-state index contributed by atoms with van der Waals surface area (Å²) in [6.45, 7) is 7.43. The van der Waals surface area contributed by atoms with Crippen molar-refractivity contribution in [2.24, 2.45) is 0 Å². The van der Waals surface area contributed by atoms with E-state index in [9.17, 15) is 9.90 Å². The molecule has 3 N–H and O–H groups in total. The molecule has 1 atom stereocenters. The predicted molar refractivity (Wildman–Crippen MR) is 69.5 cm³/mol. The van der Waals surface area contributed by atoms with E-state index in [1.165, 1.54) is 0 Å². The summed E-state index contributed by atoms with van der Waals surface area (Å²) in [4.78, 5) is 11.1. The maximum Gasteiger partial charge on any atom is 0.221 e. The zero-order chi connectivity index (χ0) is 13.6. The van der Waals surface area contributed by atoms with Gasteiger partial charge in [-0.15, -0.1) is 0 Å². The van der Waals surface area contributed by atoms with Gasteiger partial charge in [0.2, 0.25) is 5.91 Å². The van der Waals surface area contributed by atoms with Gasteiger partial charge in [-0.05, 0) is 13.8 Å². The molecule has 0 rings (SSSR count). The highest BCUT2D eigenvalue weighted by molar-refractivity contribution is 5.75. The SMILES string of the molecule is CCNC(=O)CCNCC(O)COCCOCC. The van der Waals surface area contributed by atoms with Crippen LogP contribution in [0.3, 0.4) is 0 Å². The molecule has 6 nitrogen and oxygen atoms in total. The fourth-order valence-electron chi connectivity index (χ4n) is 1.30. The summed E-state index contributed by atoms with van der Waals surface area (Å²) < 4.78 is 10.3. The monoisotopic (exact) mass is 262 g/mol. The minimum absolute atomic E-state index is 0.0208. The van der Waals surface area contributed by atoms with E-state index in [1.807, 2.05) is 13.8 Å². The maximum atomic E-state index is 11.1. The van der Waals surface area contributed by atoms with Crippen LogP contribution in [0.1, 0.15) is 20.3 Å². The van der Waals surface area contributed by atoms with Crippen LogP contribution < -0.4 is 10.6 Å². The number of carbonyl (C=O) groups is 1. The second-order valence-electron chi connectivity index (χ2n) is 3.83. The van der Waals surface area contributed by atoms with E-state index in [0.717, 1.165) is 0 Å². The van der Waals surface area contributed by atoms with Gasteiger partial charge in [0, 0.05) is 32.7 Å². The number of hydrogen-bond acceptors (Lipinski definition) is 5. The molecule has 0 aromatic rings. The highest BCUT2D eigenvalue weighted by Crippen LogP contribution is 1.86. The van der Waals surface area contributed by atoms with E-state index in [0.29, 0.717) is 45.9 Å². The van der Waals surface area contributed by atoms with E-state index in [1.54, 1.807) is 0 Å². The molecule has 0 radical (unpaired) electrons. The number of carbonyl (C=O) groups excluding carboxylic acids is 1. The fraction of sp³-hybridized carbons (Fsp3) is 0.917. The van der Waals surface area contributed by atoms with Crippen LogP contribution in [-0.2, 0) is 14.3 Å². The number of aliphatic hydroxyl groups excluding tert-OH is 1. The molecule has 0 fully saturated rings. The van der Waals surface area contributed by atoms with Crippen LogP contribution in [0.4, 0.5) is 0 Å². The van der Waals surface area contributed by atoms with Crippen LogP contribution in [-0.4, -0.2) is 63.2 Å². The lowest BCUT2D eigenvalue weighted by Gasteiger charge is -2.12. The number of amides is 1. The van der Waals surface area contributed by atoms with E-state index in [-0.39, 0.29) is 12.5 Å². The van der Waals surface area contributed by atoms with Crippen molar-refractivity contribution in [3.63, 3.8) is 0 Å². The van der Waals surface area contributed by atoms with E-state index in [4.69, 9.17) is 9.47 Å². The lowest BCUT2D eigenvalue weighted by atomic mass is 10.3. The highest BCUT2D eigenvalue weighted by atomic mass is 16.5. The first-order valence-electron chi connectivity index (χ1n) is 6.51. The van der Waals surface area contributed by atoms with E-state index >= 15 is 0 Å². The summed E-state index contributed by atoms with van der Waals surface area (Å²) in [5.74, 6) is 0.0208. The van der Waals surface area contributed by atoms with Crippen molar-refractivity contribution in [1.29, 1.82) is 0 Å². The third-order valence-electron chi connectivity index (χ3n) is 2.17. The van der Waals surface area contributed by atoms with Gasteiger partial charge in [0.25, 0.3) is 0 Å². The van der Waals surface area contributed by atoms with Crippen LogP contribution in [0.2, 0.25) is 0 Å². The third kappa shape index (κ3) is 11.8. The Balaban J connectivity index is 3.26. The quantitative estimate of drug-likeness (QED) is 0.414. The summed E-state index contributed by atoms with van der Waals surface area (Å²) in [5, 5.41) is 15.3. The molecule has 18 heavy (non-hydrogen) atoms. The number of nitrogens with one attached hydrogen (secondary N) is 2. The molecule has 0 bridgehead atoms. The second-order valence-corrected chi connectivity index (χ2v) is 3.83. The molecule has 1 amide bonds. The molecule has 0 saturated heterocycles. The highest BCUT2D eigenvalue weighted by Gasteiger charge is 2.04. The Hall–Kier alpha value is -0.690. The Morgan fingerprint density at radius 2 is 2.00 bits per heavy atom. The third-order valence-corrected chi connectivity index (χ3v) is 2.17. The Labute approximate surface area is 109 Å². The molecular formula is C12H26N2O4. The van der Waals surface area contributed by atoms with Gasteiger partial charge in [0.05, 0.1) is 25.9 Å². The van der Waals surface area contributed by atoms with Crippen molar-refractivity contribution >= 4 is 5.91 Å². The van der Waals surface area contributed by atoms with Gasteiger partial charge < -0.3 is 25.2 Å². The van der Waals surface area contributed by atoms with Crippen molar-refractivity contribution in [3.8, 4) is 0 Å². The Morgan fingerprint density at radius 1 is 1.28 bits per heavy atom. The topological polar surface area (TPSA) is 79.8 Å². The zero-order valence-corrected chi connectivity index (χ0v) is 11.4. The maximum absolute atomic E-state index is 11.1. The number of hydrogen-bond donors (Lipinski definition) is 3. The average molecular weight is 262 g/mol. The van der Waals surface area contributed by atoms with Crippen LogP contribution in [0, 0.1) is 0 Å². The molecule has 1 unspecified atom stereocenters.